The van der Waals surface area contributed by atoms with Gasteiger partial charge in [0.25, 0.3) is 0 Å². The van der Waals surface area contributed by atoms with E-state index in [9.17, 15) is 9.59 Å². The number of nitrogens with one attached hydrogen (secondary N) is 1. The molecule has 0 heterocycles. The Hall–Kier alpha value is -1.84. The minimum absolute atomic E-state index is 0.0305. The normalized spacial score (nSPS) is 30.3. The van der Waals surface area contributed by atoms with Gasteiger partial charge in [-0.05, 0) is 55.6 Å². The van der Waals surface area contributed by atoms with Crippen LogP contribution in [0, 0.1) is 11.8 Å². The summed E-state index contributed by atoms with van der Waals surface area (Å²) in [5.41, 5.74) is 2.59. The number of carboxylic acid groups (broad SMARTS) is 1. The molecule has 1 amide bonds. The topological polar surface area (TPSA) is 66.4 Å². The summed E-state index contributed by atoms with van der Waals surface area (Å²) < 4.78 is 0. The van der Waals surface area contributed by atoms with E-state index in [0.717, 1.165) is 12.8 Å². The number of carbonyl (C=O) groups is 2. The smallest absolute Gasteiger partial charge is 0.306 e. The fraction of sp³-hybridized carbons (Fsp3) is 0.579. The summed E-state index contributed by atoms with van der Waals surface area (Å²) in [7, 11) is 0. The van der Waals surface area contributed by atoms with E-state index < -0.39 is 5.97 Å². The zero-order chi connectivity index (χ0) is 16.4. The Bertz CT molecular complexity index is 590. The fourth-order valence-electron chi connectivity index (χ4n) is 4.05. The standard InChI is InChI=1S/C19H25NO3/c1-12-6-11-17(16-5-3-2-4-15(12)16)20-18(21)13-7-9-14(10-8-13)19(22)23/h2-5,12-14,17H,6-11H2,1H3,(H,20,21)(H,22,23). The summed E-state index contributed by atoms with van der Waals surface area (Å²) in [6, 6.07) is 8.49. The van der Waals surface area contributed by atoms with Crippen molar-refractivity contribution in [2.24, 2.45) is 11.8 Å². The van der Waals surface area contributed by atoms with Gasteiger partial charge in [-0.3, -0.25) is 9.59 Å². The second kappa shape index (κ2) is 6.73. The third-order valence-corrected chi connectivity index (χ3v) is 5.55. The lowest BCUT2D eigenvalue weighted by Gasteiger charge is -2.32. The van der Waals surface area contributed by atoms with E-state index in [1.54, 1.807) is 0 Å². The van der Waals surface area contributed by atoms with Gasteiger partial charge >= 0.3 is 5.97 Å². The molecule has 4 nitrogen and oxygen atoms in total. The van der Waals surface area contributed by atoms with Crippen molar-refractivity contribution in [2.75, 3.05) is 0 Å². The molecule has 3 rings (SSSR count). The Morgan fingerprint density at radius 3 is 2.22 bits per heavy atom. The fourth-order valence-corrected chi connectivity index (χ4v) is 4.05. The summed E-state index contributed by atoms with van der Waals surface area (Å²) in [6.45, 7) is 2.24. The lowest BCUT2D eigenvalue weighted by atomic mass is 9.79. The zero-order valence-corrected chi connectivity index (χ0v) is 13.6. The summed E-state index contributed by atoms with van der Waals surface area (Å²) in [4.78, 5) is 23.6. The lowest BCUT2D eigenvalue weighted by molar-refractivity contribution is -0.144. The van der Waals surface area contributed by atoms with Gasteiger partial charge < -0.3 is 10.4 Å². The molecule has 2 aliphatic rings. The highest BCUT2D eigenvalue weighted by Crippen LogP contribution is 2.37. The molecular formula is C19H25NO3. The predicted octanol–water partition coefficient (Wildman–Crippen LogP) is 3.63. The largest absolute Gasteiger partial charge is 0.481 e. The van der Waals surface area contributed by atoms with E-state index in [2.05, 4.69) is 30.4 Å². The van der Waals surface area contributed by atoms with Crippen LogP contribution < -0.4 is 5.32 Å². The monoisotopic (exact) mass is 315 g/mol. The molecule has 2 N–H and O–H groups in total. The molecule has 1 fully saturated rings. The summed E-state index contributed by atoms with van der Waals surface area (Å²) in [5, 5.41) is 12.3. The van der Waals surface area contributed by atoms with Gasteiger partial charge in [0.2, 0.25) is 5.91 Å². The highest BCUT2D eigenvalue weighted by atomic mass is 16.4. The average molecular weight is 315 g/mol. The Balaban J connectivity index is 1.63. The van der Waals surface area contributed by atoms with Crippen LogP contribution in [0.4, 0.5) is 0 Å². The molecule has 2 aliphatic carbocycles. The van der Waals surface area contributed by atoms with Crippen LogP contribution in [-0.2, 0) is 9.59 Å². The van der Waals surface area contributed by atoms with Crippen LogP contribution in [0.1, 0.15) is 68.5 Å². The van der Waals surface area contributed by atoms with Crippen molar-refractivity contribution < 1.29 is 14.7 Å². The minimum atomic E-state index is -0.723. The van der Waals surface area contributed by atoms with E-state index in [1.165, 1.54) is 11.1 Å². The van der Waals surface area contributed by atoms with Crippen molar-refractivity contribution in [3.63, 3.8) is 0 Å². The van der Waals surface area contributed by atoms with Gasteiger partial charge in [-0.2, -0.15) is 0 Å². The predicted molar refractivity (Wildman–Crippen MR) is 88.1 cm³/mol. The van der Waals surface area contributed by atoms with Crippen LogP contribution in [0.2, 0.25) is 0 Å². The first kappa shape index (κ1) is 16.0. The molecule has 4 heteroatoms. The molecule has 23 heavy (non-hydrogen) atoms. The maximum atomic E-state index is 12.6. The highest BCUT2D eigenvalue weighted by Gasteiger charge is 2.32. The molecule has 1 saturated carbocycles. The van der Waals surface area contributed by atoms with Gasteiger partial charge in [-0.1, -0.05) is 31.2 Å². The van der Waals surface area contributed by atoms with Crippen molar-refractivity contribution in [3.05, 3.63) is 35.4 Å². The average Bonchev–Trinajstić information content (AvgIpc) is 2.57. The summed E-state index contributed by atoms with van der Waals surface area (Å²) >= 11 is 0. The SMILES string of the molecule is CC1CCC(NC(=O)C2CCC(C(=O)O)CC2)c2ccccc21. The molecule has 0 bridgehead atoms. The van der Waals surface area contributed by atoms with Gasteiger partial charge in [0.05, 0.1) is 12.0 Å². The number of benzene rings is 1. The summed E-state index contributed by atoms with van der Waals surface area (Å²) in [5.74, 6) is -0.375. The molecule has 0 aromatic heterocycles. The minimum Gasteiger partial charge on any atom is -0.481 e. The molecule has 2 unspecified atom stereocenters. The van der Waals surface area contributed by atoms with Crippen molar-refractivity contribution in [3.8, 4) is 0 Å². The maximum Gasteiger partial charge on any atom is 0.306 e. The van der Waals surface area contributed by atoms with Gasteiger partial charge in [0.15, 0.2) is 0 Å². The Morgan fingerprint density at radius 1 is 0.957 bits per heavy atom. The zero-order valence-electron chi connectivity index (χ0n) is 13.6. The first-order chi connectivity index (χ1) is 11.1. The van der Waals surface area contributed by atoms with E-state index in [-0.39, 0.29) is 23.8 Å². The molecule has 2 atom stereocenters. The third-order valence-electron chi connectivity index (χ3n) is 5.55. The second-order valence-electron chi connectivity index (χ2n) is 7.06. The molecule has 1 aromatic rings. The van der Waals surface area contributed by atoms with E-state index in [4.69, 9.17) is 5.11 Å². The van der Waals surface area contributed by atoms with E-state index >= 15 is 0 Å². The number of amides is 1. The molecule has 1 aromatic carbocycles. The maximum absolute atomic E-state index is 12.6. The van der Waals surface area contributed by atoms with Crippen LogP contribution >= 0.6 is 0 Å². The third kappa shape index (κ3) is 3.41. The van der Waals surface area contributed by atoms with Crippen LogP contribution in [0.3, 0.4) is 0 Å². The molecular weight excluding hydrogens is 290 g/mol. The number of fused-ring (bicyclic) bond motifs is 1. The number of hydrogen-bond donors (Lipinski definition) is 2. The van der Waals surface area contributed by atoms with Crippen molar-refractivity contribution in [2.45, 2.75) is 57.4 Å². The lowest BCUT2D eigenvalue weighted by Crippen LogP contribution is -2.38. The Kier molecular flexibility index (Phi) is 4.69. The molecule has 0 radical (unpaired) electrons. The Labute approximate surface area is 137 Å². The van der Waals surface area contributed by atoms with Crippen LogP contribution in [0.5, 0.6) is 0 Å². The van der Waals surface area contributed by atoms with Crippen molar-refractivity contribution in [1.82, 2.24) is 5.32 Å². The quantitative estimate of drug-likeness (QED) is 0.895. The molecule has 0 spiro atoms. The number of carboxylic acids is 1. The van der Waals surface area contributed by atoms with Gasteiger partial charge in [-0.25, -0.2) is 0 Å². The number of aliphatic carboxylic acids is 1. The van der Waals surface area contributed by atoms with Gasteiger partial charge in [0, 0.05) is 5.92 Å². The number of hydrogen-bond acceptors (Lipinski definition) is 2. The van der Waals surface area contributed by atoms with Crippen LogP contribution in [0.15, 0.2) is 24.3 Å². The van der Waals surface area contributed by atoms with Crippen LogP contribution in [0.25, 0.3) is 0 Å². The van der Waals surface area contributed by atoms with Crippen LogP contribution in [-0.4, -0.2) is 17.0 Å². The Morgan fingerprint density at radius 2 is 1.57 bits per heavy atom. The number of carbonyl (C=O) groups excluding carboxylic acids is 1. The second-order valence-corrected chi connectivity index (χ2v) is 7.06. The van der Waals surface area contributed by atoms with Crippen molar-refractivity contribution >= 4 is 11.9 Å². The first-order valence-electron chi connectivity index (χ1n) is 8.68. The number of rotatable bonds is 3. The molecule has 0 aliphatic heterocycles. The van der Waals surface area contributed by atoms with Crippen molar-refractivity contribution in [1.29, 1.82) is 0 Å². The van der Waals surface area contributed by atoms with E-state index in [1.807, 2.05) is 6.07 Å². The van der Waals surface area contributed by atoms with Gasteiger partial charge in [0.1, 0.15) is 0 Å². The summed E-state index contributed by atoms with van der Waals surface area (Å²) in [6.07, 6.45) is 4.68. The molecule has 0 saturated heterocycles. The van der Waals surface area contributed by atoms with Gasteiger partial charge in [-0.15, -0.1) is 0 Å². The van der Waals surface area contributed by atoms with E-state index in [0.29, 0.717) is 31.6 Å². The first-order valence-corrected chi connectivity index (χ1v) is 8.68. The molecule has 124 valence electrons. The highest BCUT2D eigenvalue weighted by molar-refractivity contribution is 5.80.